The van der Waals surface area contributed by atoms with Crippen LogP contribution in [0.25, 0.3) is 0 Å². The van der Waals surface area contributed by atoms with Gasteiger partial charge in [0.1, 0.15) is 4.90 Å². The van der Waals surface area contributed by atoms with Crippen molar-refractivity contribution < 1.29 is 13.2 Å². The van der Waals surface area contributed by atoms with Crippen LogP contribution in [0.1, 0.15) is 29.6 Å². The van der Waals surface area contributed by atoms with Crippen molar-refractivity contribution >= 4 is 15.9 Å². The van der Waals surface area contributed by atoms with Crippen molar-refractivity contribution in [3.05, 3.63) is 29.8 Å². The van der Waals surface area contributed by atoms with E-state index in [1.165, 1.54) is 18.9 Å². The number of benzene rings is 1. The lowest BCUT2D eigenvalue weighted by atomic mass is 10.2. The molecule has 0 unspecified atom stereocenters. The van der Waals surface area contributed by atoms with Crippen LogP contribution in [0.5, 0.6) is 0 Å². The number of carbonyl (C=O) groups is 1. The summed E-state index contributed by atoms with van der Waals surface area (Å²) in [5.74, 6) is -0.387. The minimum Gasteiger partial charge on any atom is -0.303 e. The predicted molar refractivity (Wildman–Crippen MR) is 75.0 cm³/mol. The number of sulfonamides is 1. The maximum absolute atomic E-state index is 12.3. The van der Waals surface area contributed by atoms with Gasteiger partial charge in [0.15, 0.2) is 0 Å². The summed E-state index contributed by atoms with van der Waals surface area (Å²) in [6.45, 7) is 3.30. The predicted octanol–water partition coefficient (Wildman–Crippen LogP) is 1.32. The van der Waals surface area contributed by atoms with Crippen molar-refractivity contribution in [2.45, 2.75) is 24.2 Å². The zero-order valence-corrected chi connectivity index (χ0v) is 12.1. The van der Waals surface area contributed by atoms with Crippen LogP contribution in [0, 0.1) is 0 Å². The normalized spacial score (nSPS) is 21.4. The van der Waals surface area contributed by atoms with Crippen molar-refractivity contribution in [2.75, 3.05) is 26.2 Å². The lowest BCUT2D eigenvalue weighted by molar-refractivity contribution is 0.0867. The third-order valence-corrected chi connectivity index (χ3v) is 5.79. The van der Waals surface area contributed by atoms with Gasteiger partial charge >= 0.3 is 0 Å². The number of nitrogens with zero attached hydrogens (tertiary/aromatic N) is 2. The minimum absolute atomic E-state index is 0.145. The average Bonchev–Trinajstić information content (AvgIpc) is 3.01. The highest BCUT2D eigenvalue weighted by atomic mass is 32.2. The van der Waals surface area contributed by atoms with Gasteiger partial charge in [-0.05, 0) is 51.0 Å². The fraction of sp³-hybridized carbons (Fsp3) is 0.500. The zero-order chi connectivity index (χ0) is 14.2. The van der Waals surface area contributed by atoms with Crippen LogP contribution in [-0.2, 0) is 10.0 Å². The largest absolute Gasteiger partial charge is 0.303 e. The number of likely N-dealkylation sites (tertiary alicyclic amines) is 1. The Balaban J connectivity index is 1.70. The summed E-state index contributed by atoms with van der Waals surface area (Å²) in [4.78, 5) is 14.6. The second-order valence-electron chi connectivity index (χ2n) is 5.28. The van der Waals surface area contributed by atoms with E-state index in [2.05, 4.69) is 4.90 Å². The Morgan fingerprint density at radius 1 is 1.05 bits per heavy atom. The summed E-state index contributed by atoms with van der Waals surface area (Å²) >= 11 is 0. The van der Waals surface area contributed by atoms with E-state index in [4.69, 9.17) is 0 Å². The van der Waals surface area contributed by atoms with Gasteiger partial charge in [-0.3, -0.25) is 4.79 Å². The third-order valence-electron chi connectivity index (χ3n) is 3.95. The van der Waals surface area contributed by atoms with E-state index in [9.17, 15) is 13.2 Å². The Morgan fingerprint density at radius 2 is 1.75 bits per heavy atom. The first-order chi connectivity index (χ1) is 9.60. The number of hydrogen-bond acceptors (Lipinski definition) is 4. The molecule has 0 atom stereocenters. The molecular weight excluding hydrogens is 276 g/mol. The molecule has 0 aromatic heterocycles. The minimum atomic E-state index is -3.63. The summed E-state index contributed by atoms with van der Waals surface area (Å²) < 4.78 is 25.6. The first kappa shape index (κ1) is 13.6. The molecule has 6 heteroatoms. The zero-order valence-electron chi connectivity index (χ0n) is 11.3. The van der Waals surface area contributed by atoms with Crippen molar-refractivity contribution in [1.29, 1.82) is 0 Å². The Morgan fingerprint density at radius 3 is 2.45 bits per heavy atom. The molecule has 5 nitrogen and oxygen atoms in total. The van der Waals surface area contributed by atoms with Crippen molar-refractivity contribution in [3.8, 4) is 0 Å². The summed E-state index contributed by atoms with van der Waals surface area (Å²) in [5, 5.41) is 0. The number of hydrogen-bond donors (Lipinski definition) is 0. The Hall–Kier alpha value is -1.40. The topological polar surface area (TPSA) is 57.7 Å². The van der Waals surface area contributed by atoms with Crippen LogP contribution in [-0.4, -0.2) is 49.7 Å². The highest BCUT2D eigenvalue weighted by Crippen LogP contribution is 2.29. The van der Waals surface area contributed by atoms with Gasteiger partial charge in [0.2, 0.25) is 0 Å². The van der Waals surface area contributed by atoms with Crippen LogP contribution < -0.4 is 0 Å². The molecule has 20 heavy (non-hydrogen) atoms. The van der Waals surface area contributed by atoms with E-state index >= 15 is 0 Å². The molecular formula is C14H18N2O3S. The van der Waals surface area contributed by atoms with Gasteiger partial charge in [-0.15, -0.1) is 0 Å². The molecule has 0 bridgehead atoms. The second-order valence-corrected chi connectivity index (χ2v) is 7.11. The van der Waals surface area contributed by atoms with Crippen molar-refractivity contribution in [2.24, 2.45) is 0 Å². The monoisotopic (exact) mass is 294 g/mol. The van der Waals surface area contributed by atoms with E-state index in [0.717, 1.165) is 23.9 Å². The number of fused-ring (bicyclic) bond motifs is 1. The van der Waals surface area contributed by atoms with Crippen LogP contribution in [0.3, 0.4) is 0 Å². The Kier molecular flexibility index (Phi) is 3.52. The lowest BCUT2D eigenvalue weighted by Gasteiger charge is -2.18. The Labute approximate surface area is 119 Å². The summed E-state index contributed by atoms with van der Waals surface area (Å²) in [7, 11) is -3.63. The van der Waals surface area contributed by atoms with Gasteiger partial charge in [0, 0.05) is 6.54 Å². The highest BCUT2D eigenvalue weighted by Gasteiger charge is 2.40. The van der Waals surface area contributed by atoms with E-state index in [0.29, 0.717) is 12.0 Å². The van der Waals surface area contributed by atoms with Gasteiger partial charge in [0.05, 0.1) is 5.56 Å². The summed E-state index contributed by atoms with van der Waals surface area (Å²) in [5.41, 5.74) is 0.300. The van der Waals surface area contributed by atoms with Crippen LogP contribution in [0.4, 0.5) is 0 Å². The lowest BCUT2D eigenvalue weighted by Crippen LogP contribution is -2.33. The van der Waals surface area contributed by atoms with Gasteiger partial charge in [-0.1, -0.05) is 12.1 Å². The first-order valence-electron chi connectivity index (χ1n) is 6.99. The summed E-state index contributed by atoms with van der Waals surface area (Å²) in [6.07, 6.45) is 3.12. The summed E-state index contributed by atoms with van der Waals surface area (Å²) in [6, 6.07) is 6.43. The third kappa shape index (κ3) is 2.23. The SMILES string of the molecule is O=C1c2ccccc2S(=O)(=O)N1CCCN1CCCC1. The molecule has 2 heterocycles. The van der Waals surface area contributed by atoms with E-state index in [1.54, 1.807) is 18.2 Å². The smallest absolute Gasteiger partial charge is 0.269 e. The maximum Gasteiger partial charge on any atom is 0.269 e. The quantitative estimate of drug-likeness (QED) is 0.840. The standard InChI is InChI=1S/C14H18N2O3S/c17-14-12-6-1-2-7-13(12)20(18,19)16(14)11-5-10-15-8-3-4-9-15/h1-2,6-7H,3-5,8-11H2. The van der Waals surface area contributed by atoms with E-state index in [-0.39, 0.29) is 17.3 Å². The van der Waals surface area contributed by atoms with Gasteiger partial charge in [0.25, 0.3) is 15.9 Å². The van der Waals surface area contributed by atoms with E-state index < -0.39 is 10.0 Å². The first-order valence-corrected chi connectivity index (χ1v) is 8.43. The molecule has 108 valence electrons. The van der Waals surface area contributed by atoms with Crippen molar-refractivity contribution in [3.63, 3.8) is 0 Å². The number of carbonyl (C=O) groups excluding carboxylic acids is 1. The molecule has 0 saturated carbocycles. The molecule has 2 aliphatic heterocycles. The van der Waals surface area contributed by atoms with E-state index in [1.807, 2.05) is 0 Å². The molecule has 2 aliphatic rings. The molecule has 1 aromatic carbocycles. The fourth-order valence-corrected chi connectivity index (χ4v) is 4.50. The number of amides is 1. The maximum atomic E-state index is 12.3. The highest BCUT2D eigenvalue weighted by molar-refractivity contribution is 7.90. The fourth-order valence-electron chi connectivity index (χ4n) is 2.90. The molecule has 1 saturated heterocycles. The molecule has 0 aliphatic carbocycles. The average molecular weight is 294 g/mol. The van der Waals surface area contributed by atoms with Gasteiger partial charge in [-0.25, -0.2) is 12.7 Å². The molecule has 1 amide bonds. The van der Waals surface area contributed by atoms with Gasteiger partial charge < -0.3 is 4.90 Å². The molecule has 0 spiro atoms. The molecule has 3 rings (SSSR count). The van der Waals surface area contributed by atoms with Crippen LogP contribution in [0.2, 0.25) is 0 Å². The van der Waals surface area contributed by atoms with Gasteiger partial charge in [-0.2, -0.15) is 0 Å². The van der Waals surface area contributed by atoms with Crippen molar-refractivity contribution in [1.82, 2.24) is 9.21 Å². The van der Waals surface area contributed by atoms with Crippen LogP contribution >= 0.6 is 0 Å². The Bertz CT molecular complexity index is 621. The molecule has 1 fully saturated rings. The second kappa shape index (κ2) is 5.18. The number of rotatable bonds is 4. The molecule has 1 aromatic rings. The molecule has 0 radical (unpaired) electrons. The molecule has 0 N–H and O–H groups in total. The van der Waals surface area contributed by atoms with Crippen LogP contribution in [0.15, 0.2) is 29.2 Å².